The number of imidazole rings is 1. The maximum absolute atomic E-state index is 11.3. The first-order chi connectivity index (χ1) is 7.20. The lowest BCUT2D eigenvalue weighted by Crippen LogP contribution is -2.02. The van der Waals surface area contributed by atoms with Gasteiger partial charge in [0.05, 0.1) is 11.0 Å². The van der Waals surface area contributed by atoms with Crippen LogP contribution in [0, 0.1) is 0 Å². The topological polar surface area (TPSA) is 65.7 Å². The van der Waals surface area contributed by atoms with Crippen molar-refractivity contribution in [1.82, 2.24) is 9.97 Å². The van der Waals surface area contributed by atoms with Crippen LogP contribution >= 0.6 is 0 Å². The average Bonchev–Trinajstić information content (AvgIpc) is 2.59. The van der Waals surface area contributed by atoms with Crippen molar-refractivity contribution in [2.45, 2.75) is 19.8 Å². The highest BCUT2D eigenvalue weighted by atomic mass is 16.1. The second-order valence-electron chi connectivity index (χ2n) is 3.49. The van der Waals surface area contributed by atoms with Crippen LogP contribution < -0.4 is 5.69 Å². The van der Waals surface area contributed by atoms with E-state index in [1.54, 1.807) is 0 Å². The van der Waals surface area contributed by atoms with Crippen LogP contribution in [0.25, 0.3) is 11.0 Å². The molecule has 0 aliphatic carbocycles. The number of benzene rings is 1. The number of H-pyrrole nitrogens is 2. The van der Waals surface area contributed by atoms with Gasteiger partial charge in [0.1, 0.15) is 5.78 Å². The number of aromatic nitrogens is 2. The summed E-state index contributed by atoms with van der Waals surface area (Å²) in [5, 5.41) is 0. The number of carbonyl (C=O) groups excluding carboxylic acids is 1. The van der Waals surface area contributed by atoms with Crippen LogP contribution in [-0.4, -0.2) is 15.8 Å². The van der Waals surface area contributed by atoms with E-state index in [1.807, 2.05) is 25.1 Å². The van der Waals surface area contributed by atoms with Gasteiger partial charge in [0.2, 0.25) is 0 Å². The second kappa shape index (κ2) is 3.73. The summed E-state index contributed by atoms with van der Waals surface area (Å²) in [6.45, 7) is 1.84. The fourth-order valence-electron chi connectivity index (χ4n) is 1.60. The monoisotopic (exact) mass is 204 g/mol. The highest BCUT2D eigenvalue weighted by Crippen LogP contribution is 2.14. The van der Waals surface area contributed by atoms with E-state index in [9.17, 15) is 9.59 Å². The molecule has 15 heavy (non-hydrogen) atoms. The van der Waals surface area contributed by atoms with E-state index in [-0.39, 0.29) is 11.5 Å². The van der Waals surface area contributed by atoms with Gasteiger partial charge >= 0.3 is 5.69 Å². The van der Waals surface area contributed by atoms with Crippen LogP contribution in [0.15, 0.2) is 23.0 Å². The SMILES string of the molecule is CCC(=O)Cc1cccc2[nH]c(=O)[nH]c12. The zero-order valence-corrected chi connectivity index (χ0v) is 8.46. The van der Waals surface area contributed by atoms with Gasteiger partial charge in [-0.1, -0.05) is 19.1 Å². The van der Waals surface area contributed by atoms with Gasteiger partial charge in [-0.3, -0.25) is 4.79 Å². The van der Waals surface area contributed by atoms with Gasteiger partial charge in [0, 0.05) is 12.8 Å². The normalized spacial score (nSPS) is 10.7. The fourth-order valence-corrected chi connectivity index (χ4v) is 1.60. The van der Waals surface area contributed by atoms with E-state index in [4.69, 9.17) is 0 Å². The zero-order valence-electron chi connectivity index (χ0n) is 8.46. The van der Waals surface area contributed by atoms with Crippen molar-refractivity contribution < 1.29 is 4.79 Å². The summed E-state index contributed by atoms with van der Waals surface area (Å²) >= 11 is 0. The lowest BCUT2D eigenvalue weighted by molar-refractivity contribution is -0.118. The number of para-hydroxylation sites is 1. The van der Waals surface area contributed by atoms with Crippen LogP contribution in [0.4, 0.5) is 0 Å². The zero-order chi connectivity index (χ0) is 10.8. The Balaban J connectivity index is 2.50. The van der Waals surface area contributed by atoms with E-state index < -0.39 is 0 Å². The maximum atomic E-state index is 11.3. The Morgan fingerprint density at radius 2 is 2.13 bits per heavy atom. The molecule has 0 amide bonds. The highest BCUT2D eigenvalue weighted by molar-refractivity contribution is 5.86. The molecule has 2 aromatic rings. The first kappa shape index (κ1) is 9.71. The molecule has 0 bridgehead atoms. The van der Waals surface area contributed by atoms with E-state index in [1.165, 1.54) is 0 Å². The third-order valence-electron chi connectivity index (χ3n) is 2.42. The Hall–Kier alpha value is -1.84. The maximum Gasteiger partial charge on any atom is 0.323 e. The Labute approximate surface area is 86.3 Å². The van der Waals surface area contributed by atoms with Gasteiger partial charge in [-0.2, -0.15) is 0 Å². The van der Waals surface area contributed by atoms with Crippen molar-refractivity contribution >= 4 is 16.8 Å². The predicted octanol–water partition coefficient (Wildman–Crippen LogP) is 1.38. The Morgan fingerprint density at radius 1 is 1.33 bits per heavy atom. The van der Waals surface area contributed by atoms with Crippen molar-refractivity contribution in [1.29, 1.82) is 0 Å². The molecule has 1 heterocycles. The van der Waals surface area contributed by atoms with Crippen LogP contribution in [0.1, 0.15) is 18.9 Å². The molecule has 0 unspecified atom stereocenters. The highest BCUT2D eigenvalue weighted by Gasteiger charge is 2.07. The van der Waals surface area contributed by atoms with Gasteiger partial charge in [0.25, 0.3) is 0 Å². The molecule has 0 radical (unpaired) electrons. The molecule has 2 rings (SSSR count). The van der Waals surface area contributed by atoms with Crippen LogP contribution in [0.3, 0.4) is 0 Å². The van der Waals surface area contributed by atoms with Crippen molar-refractivity contribution in [3.63, 3.8) is 0 Å². The van der Waals surface area contributed by atoms with Gasteiger partial charge in [0.15, 0.2) is 0 Å². The first-order valence-corrected chi connectivity index (χ1v) is 4.92. The van der Waals surface area contributed by atoms with E-state index in [0.717, 1.165) is 16.6 Å². The Morgan fingerprint density at radius 3 is 2.87 bits per heavy atom. The van der Waals surface area contributed by atoms with Crippen LogP contribution in [-0.2, 0) is 11.2 Å². The summed E-state index contributed by atoms with van der Waals surface area (Å²) in [7, 11) is 0. The molecule has 0 saturated heterocycles. The van der Waals surface area contributed by atoms with Crippen molar-refractivity contribution in [3.05, 3.63) is 34.2 Å². The number of hydrogen-bond donors (Lipinski definition) is 2. The molecule has 4 heteroatoms. The van der Waals surface area contributed by atoms with E-state index >= 15 is 0 Å². The minimum Gasteiger partial charge on any atom is -0.306 e. The summed E-state index contributed by atoms with van der Waals surface area (Å²) in [6.07, 6.45) is 0.896. The molecule has 0 aliphatic rings. The number of hydrogen-bond acceptors (Lipinski definition) is 2. The van der Waals surface area contributed by atoms with Crippen molar-refractivity contribution in [2.75, 3.05) is 0 Å². The summed E-state index contributed by atoms with van der Waals surface area (Å²) in [6, 6.07) is 5.51. The molecule has 0 atom stereocenters. The minimum atomic E-state index is -0.235. The lowest BCUT2D eigenvalue weighted by atomic mass is 10.1. The molecule has 0 fully saturated rings. The molecule has 4 nitrogen and oxygen atoms in total. The molecule has 0 spiro atoms. The Bertz CT molecular complexity index is 551. The molecular weight excluding hydrogens is 192 g/mol. The van der Waals surface area contributed by atoms with Gasteiger partial charge < -0.3 is 9.97 Å². The molecular formula is C11H12N2O2. The number of nitrogens with one attached hydrogen (secondary N) is 2. The molecule has 0 aliphatic heterocycles. The molecule has 1 aromatic heterocycles. The Kier molecular flexibility index (Phi) is 2.41. The summed E-state index contributed by atoms with van der Waals surface area (Å²) in [5.74, 6) is 0.171. The first-order valence-electron chi connectivity index (χ1n) is 4.92. The largest absolute Gasteiger partial charge is 0.323 e. The fraction of sp³-hybridized carbons (Fsp3) is 0.273. The van der Waals surface area contributed by atoms with Crippen LogP contribution in [0.2, 0.25) is 0 Å². The van der Waals surface area contributed by atoms with Gasteiger partial charge in [-0.05, 0) is 11.6 Å². The number of fused-ring (bicyclic) bond motifs is 1. The van der Waals surface area contributed by atoms with Crippen molar-refractivity contribution in [3.8, 4) is 0 Å². The quantitative estimate of drug-likeness (QED) is 0.793. The molecule has 78 valence electrons. The molecule has 0 saturated carbocycles. The van der Waals surface area contributed by atoms with Crippen molar-refractivity contribution in [2.24, 2.45) is 0 Å². The summed E-state index contributed by atoms with van der Waals surface area (Å²) in [5.41, 5.74) is 2.13. The smallest absolute Gasteiger partial charge is 0.306 e. The van der Waals surface area contributed by atoms with E-state index in [0.29, 0.717) is 12.8 Å². The third-order valence-corrected chi connectivity index (χ3v) is 2.42. The number of rotatable bonds is 3. The standard InChI is InChI=1S/C11H12N2O2/c1-2-8(14)6-7-4-3-5-9-10(7)13-11(15)12-9/h3-5H,2,6H2,1H3,(H2,12,13,15). The number of Topliss-reactive ketones (excluding diaryl/α,β-unsaturated/α-hetero) is 1. The van der Waals surface area contributed by atoms with Gasteiger partial charge in [-0.25, -0.2) is 4.79 Å². The summed E-state index contributed by atoms with van der Waals surface area (Å²) in [4.78, 5) is 27.8. The lowest BCUT2D eigenvalue weighted by Gasteiger charge is -2.00. The predicted molar refractivity (Wildman–Crippen MR) is 57.9 cm³/mol. The van der Waals surface area contributed by atoms with Crippen LogP contribution in [0.5, 0.6) is 0 Å². The minimum absolute atomic E-state index is 0.171. The van der Waals surface area contributed by atoms with E-state index in [2.05, 4.69) is 9.97 Å². The third kappa shape index (κ3) is 1.83. The number of carbonyl (C=O) groups is 1. The summed E-state index contributed by atoms with van der Waals surface area (Å²) < 4.78 is 0. The number of ketones is 1. The molecule has 1 aromatic carbocycles. The average molecular weight is 204 g/mol. The second-order valence-corrected chi connectivity index (χ2v) is 3.49. The van der Waals surface area contributed by atoms with Gasteiger partial charge in [-0.15, -0.1) is 0 Å². The number of aromatic amines is 2. The molecule has 2 N–H and O–H groups in total.